The maximum atomic E-state index is 13.1. The maximum Gasteiger partial charge on any atom is 0.317 e. The Kier molecular flexibility index (Phi) is 8.58. The van der Waals surface area contributed by atoms with Gasteiger partial charge in [0.1, 0.15) is 0 Å². The van der Waals surface area contributed by atoms with Crippen LogP contribution in [0.3, 0.4) is 0 Å². The van der Waals surface area contributed by atoms with E-state index in [0.29, 0.717) is 6.42 Å². The van der Waals surface area contributed by atoms with E-state index >= 15 is 0 Å². The third-order valence-electron chi connectivity index (χ3n) is 5.18. The first kappa shape index (κ1) is 22.2. The van der Waals surface area contributed by atoms with Crippen molar-refractivity contribution in [3.05, 3.63) is 91.0 Å². The quantitative estimate of drug-likeness (QED) is 0.292. The van der Waals surface area contributed by atoms with Gasteiger partial charge in [0.25, 0.3) is 0 Å². The molecule has 0 unspecified atom stereocenters. The smallest absolute Gasteiger partial charge is 0.317 e. The Morgan fingerprint density at radius 2 is 1.03 bits per heavy atom. The van der Waals surface area contributed by atoms with E-state index in [1.165, 1.54) is 25.7 Å². The summed E-state index contributed by atoms with van der Waals surface area (Å²) in [5.41, 5.74) is 0. The van der Waals surface area contributed by atoms with Gasteiger partial charge in [0.05, 0.1) is 0 Å². The average molecular weight is 421 g/mol. The zero-order valence-corrected chi connectivity index (χ0v) is 18.7. The highest BCUT2D eigenvalue weighted by molar-refractivity contribution is 8.30. The Morgan fingerprint density at radius 3 is 1.47 bits per heavy atom. The molecule has 0 heterocycles. The Morgan fingerprint density at radius 1 is 0.633 bits per heavy atom. The van der Waals surface area contributed by atoms with Crippen LogP contribution >= 0.6 is 10.3 Å². The van der Waals surface area contributed by atoms with Crippen molar-refractivity contribution in [3.63, 3.8) is 0 Å². The molecule has 3 heteroatoms. The van der Waals surface area contributed by atoms with Crippen molar-refractivity contribution >= 4 is 16.3 Å². The van der Waals surface area contributed by atoms with Crippen molar-refractivity contribution in [1.82, 2.24) is 0 Å². The monoisotopic (exact) mass is 420 g/mol. The fourth-order valence-electron chi connectivity index (χ4n) is 3.62. The van der Waals surface area contributed by atoms with Crippen molar-refractivity contribution in [2.75, 3.05) is 0 Å². The summed E-state index contributed by atoms with van der Waals surface area (Å²) in [7, 11) is -2.13. The van der Waals surface area contributed by atoms with Gasteiger partial charge in [-0.2, -0.15) is 0 Å². The second kappa shape index (κ2) is 11.6. The van der Waals surface area contributed by atoms with Crippen molar-refractivity contribution in [3.8, 4) is 0 Å². The molecule has 0 aliphatic heterocycles. The van der Waals surface area contributed by atoms with Crippen LogP contribution in [0.25, 0.3) is 0 Å². The Balaban J connectivity index is 1.91. The van der Waals surface area contributed by atoms with Crippen LogP contribution in [0.1, 0.15) is 51.9 Å². The topological polar surface area (TPSA) is 26.3 Å². The normalized spacial score (nSPS) is 11.8. The summed E-state index contributed by atoms with van der Waals surface area (Å²) < 4.78 is 6.47. The molecule has 0 fully saturated rings. The molecule has 3 rings (SSSR count). The van der Waals surface area contributed by atoms with Crippen LogP contribution in [0.15, 0.2) is 106 Å². The van der Waals surface area contributed by atoms with Crippen LogP contribution in [-0.2, 0) is 8.98 Å². The molecule has 0 radical (unpaired) electrons. The first-order valence-electron chi connectivity index (χ1n) is 11.0. The van der Waals surface area contributed by atoms with Gasteiger partial charge in [-0.15, -0.1) is 0 Å². The molecule has 30 heavy (non-hydrogen) atoms. The number of rotatable bonds is 11. The number of hydrogen-bond donors (Lipinski definition) is 0. The van der Waals surface area contributed by atoms with E-state index in [0.717, 1.165) is 27.5 Å². The molecule has 0 N–H and O–H groups in total. The molecule has 3 aromatic carbocycles. The summed E-state index contributed by atoms with van der Waals surface area (Å²) in [6.07, 6.45) is 7.38. The van der Waals surface area contributed by atoms with E-state index in [9.17, 15) is 4.79 Å². The van der Waals surface area contributed by atoms with Crippen LogP contribution in [0.2, 0.25) is 0 Å². The van der Waals surface area contributed by atoms with Crippen molar-refractivity contribution in [2.24, 2.45) is 0 Å². The zero-order chi connectivity index (χ0) is 21.1. The van der Waals surface area contributed by atoms with Gasteiger partial charge in [-0.25, -0.2) is 0 Å². The molecule has 2 nitrogen and oxygen atoms in total. The minimum Gasteiger partial charge on any atom is -0.402 e. The van der Waals surface area contributed by atoms with Gasteiger partial charge in [0.2, 0.25) is 0 Å². The van der Waals surface area contributed by atoms with Gasteiger partial charge in [-0.1, -0.05) is 93.6 Å². The third kappa shape index (κ3) is 5.54. The Bertz CT molecular complexity index is 782. The second-order valence-electron chi connectivity index (χ2n) is 7.47. The lowest BCUT2D eigenvalue weighted by molar-refractivity contribution is -0.133. The summed E-state index contributed by atoms with van der Waals surface area (Å²) in [5.74, 6) is -0.114. The van der Waals surface area contributed by atoms with Crippen LogP contribution in [0, 0.1) is 0 Å². The van der Waals surface area contributed by atoms with E-state index in [1.807, 2.05) is 54.6 Å². The molecular weight excluding hydrogens is 388 g/mol. The van der Waals surface area contributed by atoms with Crippen LogP contribution in [-0.4, -0.2) is 5.97 Å². The maximum absolute atomic E-state index is 13.1. The van der Waals surface area contributed by atoms with Crippen LogP contribution < -0.4 is 0 Å². The van der Waals surface area contributed by atoms with E-state index in [2.05, 4.69) is 43.3 Å². The number of unbranched alkanes of at least 4 members (excludes halogenated alkanes) is 5. The van der Waals surface area contributed by atoms with Gasteiger partial charge in [0.15, 0.2) is 0 Å². The summed E-state index contributed by atoms with van der Waals surface area (Å²) in [6.45, 7) is 2.22. The van der Waals surface area contributed by atoms with Gasteiger partial charge in [0, 0.05) is 21.1 Å². The molecular formula is C27H32O2S. The highest BCUT2D eigenvalue weighted by Crippen LogP contribution is 2.69. The first-order chi connectivity index (χ1) is 14.8. The summed E-state index contributed by atoms with van der Waals surface area (Å²) in [6, 6.07) is 30.6. The number of carbonyl (C=O) groups excluding carboxylic acids is 1. The summed E-state index contributed by atoms with van der Waals surface area (Å²) >= 11 is 0. The van der Waals surface area contributed by atoms with Crippen molar-refractivity contribution < 1.29 is 8.98 Å². The standard InChI is InChI=1S/C27H32O2S/c1-2-3-4-5-6-16-23-27(28)29-30(24-17-10-7-11-18-24,25-19-12-8-13-20-25)26-21-14-9-15-22-26/h7-15,17-22H,2-6,16,23H2,1H3. The fourth-order valence-corrected chi connectivity index (χ4v) is 6.71. The molecule has 0 aromatic heterocycles. The van der Waals surface area contributed by atoms with Gasteiger partial charge in [-0.3, -0.25) is 4.79 Å². The van der Waals surface area contributed by atoms with Gasteiger partial charge < -0.3 is 4.18 Å². The molecule has 158 valence electrons. The lowest BCUT2D eigenvalue weighted by atomic mass is 10.1. The number of benzene rings is 3. The number of carbonyl (C=O) groups is 1. The molecule has 0 spiro atoms. The van der Waals surface area contributed by atoms with Gasteiger partial charge >= 0.3 is 5.97 Å². The average Bonchev–Trinajstić information content (AvgIpc) is 2.81. The molecule has 0 aliphatic rings. The minimum atomic E-state index is -2.13. The van der Waals surface area contributed by atoms with Crippen LogP contribution in [0.4, 0.5) is 0 Å². The van der Waals surface area contributed by atoms with Crippen molar-refractivity contribution in [2.45, 2.75) is 66.6 Å². The molecule has 0 bridgehead atoms. The Labute approximate surface area is 182 Å². The predicted molar refractivity (Wildman–Crippen MR) is 126 cm³/mol. The molecule has 3 aromatic rings. The highest BCUT2D eigenvalue weighted by Gasteiger charge is 2.35. The van der Waals surface area contributed by atoms with E-state index in [-0.39, 0.29) is 5.97 Å². The lowest BCUT2D eigenvalue weighted by Crippen LogP contribution is -2.13. The summed E-state index contributed by atoms with van der Waals surface area (Å²) in [5, 5.41) is 0. The molecule has 0 saturated heterocycles. The molecule has 0 saturated carbocycles. The van der Waals surface area contributed by atoms with E-state index in [4.69, 9.17) is 4.18 Å². The molecule has 0 amide bonds. The second-order valence-corrected chi connectivity index (χ2v) is 10.2. The van der Waals surface area contributed by atoms with E-state index in [1.54, 1.807) is 0 Å². The molecule has 0 atom stereocenters. The van der Waals surface area contributed by atoms with E-state index < -0.39 is 10.3 Å². The predicted octanol–water partition coefficient (Wildman–Crippen LogP) is 8.18. The van der Waals surface area contributed by atoms with Crippen molar-refractivity contribution in [1.29, 1.82) is 0 Å². The number of hydrogen-bond acceptors (Lipinski definition) is 2. The van der Waals surface area contributed by atoms with Crippen LogP contribution in [0.5, 0.6) is 0 Å². The largest absolute Gasteiger partial charge is 0.402 e. The Hall–Kier alpha value is -2.52. The molecule has 0 aliphatic carbocycles. The zero-order valence-electron chi connectivity index (χ0n) is 17.8. The first-order valence-corrected chi connectivity index (χ1v) is 12.5. The minimum absolute atomic E-state index is 0.114. The van der Waals surface area contributed by atoms with Gasteiger partial charge in [-0.05, 0) is 53.1 Å². The third-order valence-corrected chi connectivity index (χ3v) is 8.42. The lowest BCUT2D eigenvalue weighted by Gasteiger charge is -2.39. The SMILES string of the molecule is CCCCCCCCC(=O)OS(c1ccccc1)(c1ccccc1)c1ccccc1. The fraction of sp³-hybridized carbons (Fsp3) is 0.296. The highest BCUT2D eigenvalue weighted by atomic mass is 32.3. The summed E-state index contributed by atoms with van der Waals surface area (Å²) in [4.78, 5) is 16.2.